The summed E-state index contributed by atoms with van der Waals surface area (Å²) >= 11 is 5.86. The number of fused-ring (bicyclic) bond motifs is 1. The van der Waals surface area contributed by atoms with E-state index >= 15 is 0 Å². The fourth-order valence-corrected chi connectivity index (χ4v) is 3.48. The molecule has 0 radical (unpaired) electrons. The number of nitrogens with one attached hydrogen (secondary N) is 1. The zero-order valence-corrected chi connectivity index (χ0v) is 18.9. The molecule has 172 valence electrons. The van der Waals surface area contributed by atoms with E-state index in [0.717, 1.165) is 16.9 Å². The van der Waals surface area contributed by atoms with Crippen molar-refractivity contribution in [2.24, 2.45) is 0 Å². The number of carboxylic acid groups (broad SMARTS) is 1. The molecule has 2 aromatic heterocycles. The number of carboxylic acids is 1. The summed E-state index contributed by atoms with van der Waals surface area (Å²) in [5, 5.41) is 11.5. The highest BCUT2D eigenvalue weighted by Gasteiger charge is 2.25. The van der Waals surface area contributed by atoms with Crippen molar-refractivity contribution in [2.45, 2.75) is 33.5 Å². The highest BCUT2D eigenvalue weighted by Crippen LogP contribution is 2.22. The van der Waals surface area contributed by atoms with Crippen LogP contribution in [0.2, 0.25) is 5.15 Å². The summed E-state index contributed by atoms with van der Waals surface area (Å²) in [5.41, 5.74) is 13.0. The molecule has 13 heteroatoms. The molecular formula is C19H23Cl2N7O4. The second-order valence-corrected chi connectivity index (χ2v) is 6.91. The number of aromatic nitrogens is 4. The van der Waals surface area contributed by atoms with E-state index in [1.54, 1.807) is 12.1 Å². The number of carbonyl (C=O) groups is 2. The first-order valence-corrected chi connectivity index (χ1v) is 9.90. The van der Waals surface area contributed by atoms with Gasteiger partial charge in [0.25, 0.3) is 11.7 Å². The van der Waals surface area contributed by atoms with Crippen molar-refractivity contribution in [3.63, 3.8) is 0 Å². The predicted octanol–water partition coefficient (Wildman–Crippen LogP) is -2.03. The smallest absolute Gasteiger partial charge is 0.341 e. The Balaban J connectivity index is 0.00000363. The second-order valence-electron chi connectivity index (χ2n) is 6.55. The molecular weight excluding hydrogens is 461 g/mol. The predicted molar refractivity (Wildman–Crippen MR) is 114 cm³/mol. The molecule has 32 heavy (non-hydrogen) atoms. The molecule has 0 aliphatic heterocycles. The molecule has 3 rings (SSSR count). The van der Waals surface area contributed by atoms with Gasteiger partial charge in [-0.2, -0.15) is 0 Å². The van der Waals surface area contributed by atoms with Crippen molar-refractivity contribution in [1.82, 2.24) is 19.9 Å². The van der Waals surface area contributed by atoms with Crippen LogP contribution in [0.5, 0.6) is 5.75 Å². The van der Waals surface area contributed by atoms with Crippen LogP contribution < -0.4 is 38.5 Å². The van der Waals surface area contributed by atoms with Crippen LogP contribution in [-0.2, 0) is 24.4 Å². The Morgan fingerprint density at radius 1 is 1.25 bits per heavy atom. The molecule has 0 spiro atoms. The van der Waals surface area contributed by atoms with Gasteiger partial charge >= 0.3 is 5.97 Å². The van der Waals surface area contributed by atoms with Gasteiger partial charge in [0.15, 0.2) is 40.1 Å². The number of ether oxygens (including phenoxy) is 1. The first-order valence-electron chi connectivity index (χ1n) is 9.53. The van der Waals surface area contributed by atoms with Crippen LogP contribution in [0, 0.1) is 0 Å². The highest BCUT2D eigenvalue weighted by atomic mass is 35.5. The second kappa shape index (κ2) is 10.3. The summed E-state index contributed by atoms with van der Waals surface area (Å²) in [6.07, 6.45) is 0. The number of amides is 1. The maximum atomic E-state index is 12.6. The third-order valence-electron chi connectivity index (χ3n) is 4.67. The van der Waals surface area contributed by atoms with Crippen LogP contribution in [0.15, 0.2) is 18.2 Å². The van der Waals surface area contributed by atoms with Gasteiger partial charge in [-0.25, -0.2) is 23.9 Å². The van der Waals surface area contributed by atoms with Crippen molar-refractivity contribution >= 4 is 46.1 Å². The molecule has 0 unspecified atom stereocenters. The summed E-state index contributed by atoms with van der Waals surface area (Å²) < 4.78 is 9.36. The molecule has 1 aromatic carbocycles. The number of hydrogen-bond donors (Lipinski definition) is 4. The number of rotatable bonds is 8. The number of nitrogen functional groups attached to an aromatic ring is 2. The fraction of sp³-hybridized carbons (Fsp3) is 0.316. The minimum absolute atomic E-state index is 0. The maximum Gasteiger partial charge on any atom is 0.341 e. The molecule has 0 bridgehead atoms. The number of hydrogen-bond acceptors (Lipinski definition) is 7. The first kappa shape index (κ1) is 25.0. The topological polar surface area (TPSA) is 162 Å². The molecule has 0 aliphatic carbocycles. The zero-order valence-electron chi connectivity index (χ0n) is 17.4. The molecule has 3 aromatic rings. The monoisotopic (exact) mass is 483 g/mol. The van der Waals surface area contributed by atoms with Crippen molar-refractivity contribution < 1.29 is 36.4 Å². The number of aliphatic carboxylic acids is 1. The quantitative estimate of drug-likeness (QED) is 0.266. The summed E-state index contributed by atoms with van der Waals surface area (Å²) in [6, 6.07) is 5.35. The molecule has 6 N–H and O–H groups in total. The lowest BCUT2D eigenvalue weighted by atomic mass is 10.3. The van der Waals surface area contributed by atoms with Crippen LogP contribution >= 0.6 is 11.6 Å². The van der Waals surface area contributed by atoms with E-state index in [9.17, 15) is 9.59 Å². The zero-order chi connectivity index (χ0) is 22.7. The Kier molecular flexibility index (Phi) is 8.06. The van der Waals surface area contributed by atoms with Crippen LogP contribution in [0.3, 0.4) is 0 Å². The Bertz CT molecular complexity index is 1170. The number of benzene rings is 1. The number of anilines is 2. The van der Waals surface area contributed by atoms with Crippen molar-refractivity contribution in [3.8, 4) is 5.75 Å². The number of nitrogens with zero attached hydrogens (tertiary/aromatic N) is 4. The lowest BCUT2D eigenvalue weighted by Crippen LogP contribution is -3.00. The number of aryl methyl sites for hydroxylation is 2. The SMILES string of the molecule is CCn1c(CNC(=O)c2nc(Cl)c(N)nc2N)[n+](CC)c2ccc(OCC(=O)O)cc21.[Cl-]. The third-order valence-corrected chi connectivity index (χ3v) is 4.95. The highest BCUT2D eigenvalue weighted by molar-refractivity contribution is 6.31. The molecule has 0 aliphatic rings. The van der Waals surface area contributed by atoms with Crippen LogP contribution in [0.1, 0.15) is 30.2 Å². The number of imidazole rings is 1. The van der Waals surface area contributed by atoms with E-state index < -0.39 is 18.5 Å². The van der Waals surface area contributed by atoms with E-state index in [1.165, 1.54) is 0 Å². The Hall–Kier alpha value is -3.31. The Morgan fingerprint density at radius 2 is 1.97 bits per heavy atom. The van der Waals surface area contributed by atoms with Gasteiger partial charge in [0, 0.05) is 6.07 Å². The van der Waals surface area contributed by atoms with E-state index in [-0.39, 0.29) is 41.4 Å². The normalized spacial score (nSPS) is 10.6. The van der Waals surface area contributed by atoms with Gasteiger partial charge < -0.3 is 39.0 Å². The first-order chi connectivity index (χ1) is 14.8. The number of halogens is 2. The van der Waals surface area contributed by atoms with Gasteiger partial charge in [0.1, 0.15) is 12.3 Å². The van der Waals surface area contributed by atoms with Crippen molar-refractivity contribution in [2.75, 3.05) is 18.1 Å². The van der Waals surface area contributed by atoms with E-state index in [1.807, 2.05) is 29.0 Å². The van der Waals surface area contributed by atoms with E-state index in [2.05, 4.69) is 15.3 Å². The summed E-state index contributed by atoms with van der Waals surface area (Å²) in [7, 11) is 0. The standard InChI is InChI=1S/C19H22ClN7O4.ClH/c1-3-26-11-6-5-10(31-9-14(28)29)7-12(11)27(4-2)13(26)8-23-19(30)15-17(21)25-18(22)16(20)24-15;/h5-7H,3-4,8-9H2,1-2H3,(H5-,21,22,23,25,28,29,30);1H. The van der Waals surface area contributed by atoms with Gasteiger partial charge in [-0.1, -0.05) is 11.6 Å². The van der Waals surface area contributed by atoms with E-state index in [4.69, 9.17) is 32.9 Å². The van der Waals surface area contributed by atoms with Crippen molar-refractivity contribution in [3.05, 3.63) is 34.9 Å². The molecule has 0 saturated carbocycles. The molecule has 0 fully saturated rings. The number of carbonyl (C=O) groups excluding carboxylic acids is 1. The summed E-state index contributed by atoms with van der Waals surface area (Å²) in [5.74, 6) is -0.473. The molecule has 0 saturated heterocycles. The van der Waals surface area contributed by atoms with Crippen LogP contribution in [0.4, 0.5) is 11.6 Å². The molecule has 1 amide bonds. The largest absolute Gasteiger partial charge is 1.00 e. The molecule has 2 heterocycles. The van der Waals surface area contributed by atoms with Gasteiger partial charge in [-0.05, 0) is 26.0 Å². The van der Waals surface area contributed by atoms with Gasteiger partial charge in [-0.15, -0.1) is 0 Å². The van der Waals surface area contributed by atoms with Gasteiger partial charge in [0.05, 0.1) is 13.1 Å². The van der Waals surface area contributed by atoms with E-state index in [0.29, 0.717) is 18.8 Å². The minimum atomic E-state index is -1.05. The van der Waals surface area contributed by atoms with Crippen molar-refractivity contribution in [1.29, 1.82) is 0 Å². The Morgan fingerprint density at radius 3 is 2.59 bits per heavy atom. The molecule has 11 nitrogen and oxygen atoms in total. The van der Waals surface area contributed by atoms with Gasteiger partial charge in [0.2, 0.25) is 0 Å². The average molecular weight is 484 g/mol. The maximum absolute atomic E-state index is 12.6. The number of nitrogens with two attached hydrogens (primary N) is 2. The van der Waals surface area contributed by atoms with Gasteiger partial charge in [-0.3, -0.25) is 4.79 Å². The minimum Gasteiger partial charge on any atom is -1.00 e. The third kappa shape index (κ3) is 4.94. The fourth-order valence-electron chi connectivity index (χ4n) is 3.35. The summed E-state index contributed by atoms with van der Waals surface area (Å²) in [6.45, 7) is 4.99. The van der Waals surface area contributed by atoms with Crippen LogP contribution in [-0.4, -0.2) is 38.1 Å². The summed E-state index contributed by atoms with van der Waals surface area (Å²) in [4.78, 5) is 31.2. The lowest BCUT2D eigenvalue weighted by molar-refractivity contribution is -0.676. The Labute approximate surface area is 194 Å². The lowest BCUT2D eigenvalue weighted by Gasteiger charge is -2.08. The van der Waals surface area contributed by atoms with Crippen LogP contribution in [0.25, 0.3) is 11.0 Å². The molecule has 0 atom stereocenters. The average Bonchev–Trinajstić information content (AvgIpc) is 3.04.